The smallest absolute Gasteiger partial charge is 0.235 e. The van der Waals surface area contributed by atoms with Gasteiger partial charge in [0, 0.05) is 0 Å². The summed E-state index contributed by atoms with van der Waals surface area (Å²) < 4.78 is 24.5. The van der Waals surface area contributed by atoms with Gasteiger partial charge in [0.2, 0.25) is 0 Å². The Labute approximate surface area is 78.8 Å². The van der Waals surface area contributed by atoms with Crippen molar-refractivity contribution in [3.05, 3.63) is 28.0 Å². The first-order chi connectivity index (χ1) is 6.06. The van der Waals surface area contributed by atoms with Crippen LogP contribution < -0.4 is 0 Å². The van der Waals surface area contributed by atoms with Crippen LogP contribution in [0.4, 0.5) is 8.78 Å². The summed E-state index contributed by atoms with van der Waals surface area (Å²) in [5.41, 5.74) is -0.140. The molecule has 2 nitrogen and oxygen atoms in total. The molecule has 0 saturated heterocycles. The number of halogens is 3. The topological polar surface area (TPSA) is 36.7 Å². The summed E-state index contributed by atoms with van der Waals surface area (Å²) in [5.74, 6) is 0. The highest BCUT2D eigenvalue weighted by Crippen LogP contribution is 2.27. The van der Waals surface area contributed by atoms with E-state index in [9.17, 15) is 8.78 Å². The standard InChI is InChI=1S/C8H5ClF2N2/c1-4-2-5(3-12)13-7(6(4)9)8(10)11/h2,8H,1H3. The Hall–Kier alpha value is -1.21. The van der Waals surface area contributed by atoms with Crippen molar-refractivity contribution in [3.8, 4) is 6.07 Å². The summed E-state index contributed by atoms with van der Waals surface area (Å²) in [4.78, 5) is 3.41. The molecular weight excluding hydrogens is 198 g/mol. The summed E-state index contributed by atoms with van der Waals surface area (Å²) in [6, 6.07) is 3.06. The average Bonchev–Trinajstić information content (AvgIpc) is 2.09. The van der Waals surface area contributed by atoms with E-state index in [-0.39, 0.29) is 10.7 Å². The summed E-state index contributed by atoms with van der Waals surface area (Å²) in [6.07, 6.45) is -2.75. The molecular formula is C8H5ClF2N2. The van der Waals surface area contributed by atoms with E-state index in [0.717, 1.165) is 0 Å². The van der Waals surface area contributed by atoms with Gasteiger partial charge < -0.3 is 0 Å². The second-order valence-electron chi connectivity index (χ2n) is 2.44. The van der Waals surface area contributed by atoms with Crippen LogP contribution in [0.2, 0.25) is 5.02 Å². The molecule has 0 saturated carbocycles. The Balaban J connectivity index is 3.35. The lowest BCUT2D eigenvalue weighted by Crippen LogP contribution is -1.96. The molecule has 0 N–H and O–H groups in total. The summed E-state index contributed by atoms with van der Waals surface area (Å²) in [6.45, 7) is 1.55. The lowest BCUT2D eigenvalue weighted by Gasteiger charge is -2.04. The highest BCUT2D eigenvalue weighted by atomic mass is 35.5. The predicted octanol–water partition coefficient (Wildman–Crippen LogP) is 2.85. The molecule has 0 spiro atoms. The zero-order valence-electron chi connectivity index (χ0n) is 6.68. The number of aromatic nitrogens is 1. The Morgan fingerprint density at radius 2 is 2.23 bits per heavy atom. The van der Waals surface area contributed by atoms with Crippen LogP contribution in [-0.4, -0.2) is 4.98 Å². The van der Waals surface area contributed by atoms with Crippen LogP contribution in [-0.2, 0) is 0 Å². The molecule has 13 heavy (non-hydrogen) atoms. The van der Waals surface area contributed by atoms with Crippen LogP contribution in [0.1, 0.15) is 23.4 Å². The maximum absolute atomic E-state index is 12.3. The van der Waals surface area contributed by atoms with Gasteiger partial charge in [0.1, 0.15) is 17.5 Å². The third-order valence-corrected chi connectivity index (χ3v) is 1.98. The third-order valence-electron chi connectivity index (χ3n) is 1.49. The number of nitrogens with zero attached hydrogens (tertiary/aromatic N) is 2. The van der Waals surface area contributed by atoms with Crippen molar-refractivity contribution < 1.29 is 8.78 Å². The number of hydrogen-bond acceptors (Lipinski definition) is 2. The molecule has 0 aliphatic heterocycles. The second kappa shape index (κ2) is 3.67. The molecule has 1 heterocycles. The first kappa shape index (κ1) is 9.87. The van der Waals surface area contributed by atoms with E-state index >= 15 is 0 Å². The molecule has 0 aliphatic carbocycles. The third kappa shape index (κ3) is 1.93. The Morgan fingerprint density at radius 3 is 2.69 bits per heavy atom. The highest BCUT2D eigenvalue weighted by Gasteiger charge is 2.16. The average molecular weight is 203 g/mol. The van der Waals surface area contributed by atoms with Gasteiger partial charge >= 0.3 is 0 Å². The Morgan fingerprint density at radius 1 is 1.62 bits per heavy atom. The SMILES string of the molecule is Cc1cc(C#N)nc(C(F)F)c1Cl. The molecule has 0 radical (unpaired) electrons. The first-order valence-corrected chi connectivity index (χ1v) is 3.79. The van der Waals surface area contributed by atoms with Crippen LogP contribution in [0.5, 0.6) is 0 Å². The van der Waals surface area contributed by atoms with Gasteiger partial charge in [0.25, 0.3) is 6.43 Å². The van der Waals surface area contributed by atoms with Gasteiger partial charge in [0.05, 0.1) is 5.02 Å². The van der Waals surface area contributed by atoms with E-state index in [1.54, 1.807) is 13.0 Å². The minimum absolute atomic E-state index is 0.0443. The van der Waals surface area contributed by atoms with Gasteiger partial charge in [-0.1, -0.05) is 11.6 Å². The Bertz CT molecular complexity index is 371. The lowest BCUT2D eigenvalue weighted by molar-refractivity contribution is 0.146. The van der Waals surface area contributed by atoms with Crippen molar-refractivity contribution in [1.82, 2.24) is 4.98 Å². The van der Waals surface area contributed by atoms with Gasteiger partial charge in [0.15, 0.2) is 0 Å². The normalized spacial score (nSPS) is 10.2. The van der Waals surface area contributed by atoms with Gasteiger partial charge in [-0.3, -0.25) is 0 Å². The molecule has 0 fully saturated rings. The second-order valence-corrected chi connectivity index (χ2v) is 2.81. The minimum atomic E-state index is -2.75. The van der Waals surface area contributed by atoms with E-state index in [1.165, 1.54) is 6.07 Å². The van der Waals surface area contributed by atoms with Crippen LogP contribution in [0.3, 0.4) is 0 Å². The number of aryl methyl sites for hydroxylation is 1. The molecule has 0 bridgehead atoms. The number of nitriles is 1. The zero-order valence-corrected chi connectivity index (χ0v) is 7.44. The van der Waals surface area contributed by atoms with Crippen molar-refractivity contribution in [3.63, 3.8) is 0 Å². The van der Waals surface area contributed by atoms with E-state index < -0.39 is 12.1 Å². The van der Waals surface area contributed by atoms with Crippen LogP contribution >= 0.6 is 11.6 Å². The fourth-order valence-electron chi connectivity index (χ4n) is 0.883. The monoisotopic (exact) mass is 202 g/mol. The number of hydrogen-bond donors (Lipinski definition) is 0. The fraction of sp³-hybridized carbons (Fsp3) is 0.250. The molecule has 0 atom stereocenters. The molecule has 0 amide bonds. The van der Waals surface area contributed by atoms with Crippen LogP contribution in [0.15, 0.2) is 6.07 Å². The maximum Gasteiger partial charge on any atom is 0.281 e. The largest absolute Gasteiger partial charge is 0.281 e. The molecule has 68 valence electrons. The molecule has 0 aliphatic rings. The quantitative estimate of drug-likeness (QED) is 0.702. The fourth-order valence-corrected chi connectivity index (χ4v) is 1.06. The molecule has 0 aromatic carbocycles. The minimum Gasteiger partial charge on any atom is -0.235 e. The van der Waals surface area contributed by atoms with Gasteiger partial charge in [-0.15, -0.1) is 0 Å². The lowest BCUT2D eigenvalue weighted by atomic mass is 10.2. The number of pyridine rings is 1. The number of rotatable bonds is 1. The molecule has 1 rings (SSSR count). The highest BCUT2D eigenvalue weighted by molar-refractivity contribution is 6.32. The molecule has 5 heteroatoms. The Kier molecular flexibility index (Phi) is 2.79. The van der Waals surface area contributed by atoms with Crippen LogP contribution in [0, 0.1) is 18.3 Å². The van der Waals surface area contributed by atoms with Crippen molar-refractivity contribution in [1.29, 1.82) is 5.26 Å². The summed E-state index contributed by atoms with van der Waals surface area (Å²) >= 11 is 5.57. The summed E-state index contributed by atoms with van der Waals surface area (Å²) in [5, 5.41) is 8.38. The first-order valence-electron chi connectivity index (χ1n) is 3.41. The summed E-state index contributed by atoms with van der Waals surface area (Å²) in [7, 11) is 0. The van der Waals surface area contributed by atoms with Crippen molar-refractivity contribution in [2.75, 3.05) is 0 Å². The maximum atomic E-state index is 12.3. The van der Waals surface area contributed by atoms with Gasteiger partial charge in [-0.2, -0.15) is 5.26 Å². The van der Waals surface area contributed by atoms with E-state index in [2.05, 4.69) is 4.98 Å². The molecule has 1 aromatic heterocycles. The van der Waals surface area contributed by atoms with Crippen molar-refractivity contribution >= 4 is 11.6 Å². The van der Waals surface area contributed by atoms with Crippen molar-refractivity contribution in [2.45, 2.75) is 13.3 Å². The number of alkyl halides is 2. The molecule has 0 unspecified atom stereocenters. The van der Waals surface area contributed by atoms with Crippen molar-refractivity contribution in [2.24, 2.45) is 0 Å². The van der Waals surface area contributed by atoms with Gasteiger partial charge in [-0.05, 0) is 18.6 Å². The zero-order chi connectivity index (χ0) is 10.0. The van der Waals surface area contributed by atoms with Crippen LogP contribution in [0.25, 0.3) is 0 Å². The van der Waals surface area contributed by atoms with E-state index in [4.69, 9.17) is 16.9 Å². The molecule has 1 aromatic rings. The van der Waals surface area contributed by atoms with E-state index in [0.29, 0.717) is 5.56 Å². The predicted molar refractivity (Wildman–Crippen MR) is 43.7 cm³/mol. The van der Waals surface area contributed by atoms with E-state index in [1.807, 2.05) is 0 Å². The van der Waals surface area contributed by atoms with Gasteiger partial charge in [-0.25, -0.2) is 13.8 Å².